The summed E-state index contributed by atoms with van der Waals surface area (Å²) in [6.45, 7) is 2.34. The van der Waals surface area contributed by atoms with Crippen molar-refractivity contribution >= 4 is 18.0 Å². The van der Waals surface area contributed by atoms with Gasteiger partial charge in [0.25, 0.3) is 0 Å². The fourth-order valence-electron chi connectivity index (χ4n) is 5.07. The molecule has 0 radical (unpaired) electrons. The third-order valence-electron chi connectivity index (χ3n) is 6.93. The van der Waals surface area contributed by atoms with Gasteiger partial charge in [-0.25, -0.2) is 4.79 Å². The molecular formula is C26H30N2O6. The number of amides is 2. The van der Waals surface area contributed by atoms with E-state index in [1.165, 1.54) is 0 Å². The van der Waals surface area contributed by atoms with Crippen LogP contribution in [-0.2, 0) is 14.3 Å². The predicted octanol–water partition coefficient (Wildman–Crippen LogP) is 2.99. The molecule has 2 aliphatic rings. The van der Waals surface area contributed by atoms with Crippen LogP contribution in [0.25, 0.3) is 11.1 Å². The standard InChI is InChI=1S/C26H30N2O6/c1-16-12-13-28(23(16)14-29)25(32)22(10-11-24(30)31)27-26(33)34-15-21-19-8-4-2-6-17(19)18-7-3-5-9-20(18)21/h2-9,16,21-23,29H,10-15H2,1H3,(H,27,33)(H,30,31). The van der Waals surface area contributed by atoms with E-state index >= 15 is 0 Å². The molecule has 4 rings (SSSR count). The Labute approximate surface area is 198 Å². The Morgan fingerprint density at radius 1 is 1.09 bits per heavy atom. The average Bonchev–Trinajstić information content (AvgIpc) is 3.37. The number of ether oxygens (including phenoxy) is 1. The number of aliphatic carboxylic acids is 1. The molecule has 3 atom stereocenters. The van der Waals surface area contributed by atoms with E-state index in [9.17, 15) is 19.5 Å². The number of rotatable bonds is 8. The van der Waals surface area contributed by atoms with E-state index in [0.717, 1.165) is 28.7 Å². The number of aliphatic hydroxyl groups excluding tert-OH is 1. The lowest BCUT2D eigenvalue weighted by Gasteiger charge is -2.29. The zero-order valence-electron chi connectivity index (χ0n) is 19.1. The van der Waals surface area contributed by atoms with Crippen LogP contribution in [0.15, 0.2) is 48.5 Å². The van der Waals surface area contributed by atoms with E-state index in [-0.39, 0.29) is 43.9 Å². The molecule has 1 heterocycles. The number of carboxylic acids is 1. The van der Waals surface area contributed by atoms with Gasteiger partial charge in [-0.1, -0.05) is 55.5 Å². The van der Waals surface area contributed by atoms with E-state index < -0.39 is 24.0 Å². The van der Waals surface area contributed by atoms with Gasteiger partial charge in [-0.05, 0) is 41.0 Å². The highest BCUT2D eigenvalue weighted by atomic mass is 16.5. The van der Waals surface area contributed by atoms with Crippen LogP contribution < -0.4 is 5.32 Å². The molecule has 8 heteroatoms. The molecular weight excluding hydrogens is 436 g/mol. The van der Waals surface area contributed by atoms with Crippen LogP contribution >= 0.6 is 0 Å². The summed E-state index contributed by atoms with van der Waals surface area (Å²) in [6.07, 6.45) is -0.347. The molecule has 2 aromatic carbocycles. The number of likely N-dealkylation sites (tertiary alicyclic amines) is 1. The first kappa shape index (κ1) is 23.8. The number of aliphatic hydroxyl groups is 1. The number of carbonyl (C=O) groups excluding carboxylic acids is 2. The van der Waals surface area contributed by atoms with Gasteiger partial charge in [-0.15, -0.1) is 0 Å². The molecule has 3 N–H and O–H groups in total. The van der Waals surface area contributed by atoms with Gasteiger partial charge in [0, 0.05) is 18.9 Å². The maximum Gasteiger partial charge on any atom is 0.407 e. The normalized spacial score (nSPS) is 19.9. The topological polar surface area (TPSA) is 116 Å². The molecule has 34 heavy (non-hydrogen) atoms. The molecule has 1 aliphatic carbocycles. The maximum atomic E-state index is 13.1. The summed E-state index contributed by atoms with van der Waals surface area (Å²) in [6, 6.07) is 14.6. The van der Waals surface area contributed by atoms with Gasteiger partial charge in [-0.3, -0.25) is 9.59 Å². The van der Waals surface area contributed by atoms with E-state index in [0.29, 0.717) is 6.54 Å². The van der Waals surface area contributed by atoms with Crippen molar-refractivity contribution in [1.82, 2.24) is 10.2 Å². The number of alkyl carbamates (subject to hydrolysis) is 1. The first-order chi connectivity index (χ1) is 16.4. The van der Waals surface area contributed by atoms with E-state index in [1.807, 2.05) is 55.5 Å². The molecule has 8 nitrogen and oxygen atoms in total. The summed E-state index contributed by atoms with van der Waals surface area (Å²) < 4.78 is 5.55. The van der Waals surface area contributed by atoms with Crippen molar-refractivity contribution in [1.29, 1.82) is 0 Å². The van der Waals surface area contributed by atoms with Gasteiger partial charge >= 0.3 is 12.1 Å². The number of benzene rings is 2. The number of hydrogen-bond donors (Lipinski definition) is 3. The molecule has 1 fully saturated rings. The first-order valence-electron chi connectivity index (χ1n) is 11.6. The average molecular weight is 467 g/mol. The Kier molecular flexibility index (Phi) is 7.17. The van der Waals surface area contributed by atoms with E-state index in [2.05, 4.69) is 5.32 Å². The molecule has 0 aromatic heterocycles. The Morgan fingerprint density at radius 2 is 1.71 bits per heavy atom. The van der Waals surface area contributed by atoms with Crippen molar-refractivity contribution in [2.24, 2.45) is 5.92 Å². The molecule has 0 bridgehead atoms. The minimum atomic E-state index is -1.05. The second kappa shape index (κ2) is 10.3. The fourth-order valence-corrected chi connectivity index (χ4v) is 5.07. The van der Waals surface area contributed by atoms with Gasteiger partial charge in [0.05, 0.1) is 12.6 Å². The van der Waals surface area contributed by atoms with E-state index in [4.69, 9.17) is 9.84 Å². The molecule has 180 valence electrons. The van der Waals surface area contributed by atoms with Crippen LogP contribution in [0.2, 0.25) is 0 Å². The minimum absolute atomic E-state index is 0.0542. The van der Waals surface area contributed by atoms with Crippen molar-refractivity contribution in [3.8, 4) is 11.1 Å². The number of carbonyl (C=O) groups is 3. The van der Waals surface area contributed by atoms with Gasteiger partial charge in [0.15, 0.2) is 0 Å². The minimum Gasteiger partial charge on any atom is -0.481 e. The van der Waals surface area contributed by atoms with Crippen LogP contribution in [0.3, 0.4) is 0 Å². The summed E-state index contributed by atoms with van der Waals surface area (Å²) in [5, 5.41) is 21.4. The second-order valence-corrected chi connectivity index (χ2v) is 9.00. The molecule has 3 unspecified atom stereocenters. The Balaban J connectivity index is 1.44. The smallest absolute Gasteiger partial charge is 0.407 e. The highest BCUT2D eigenvalue weighted by Gasteiger charge is 2.38. The van der Waals surface area contributed by atoms with Crippen molar-refractivity contribution in [2.45, 2.75) is 44.2 Å². The van der Waals surface area contributed by atoms with Crippen LogP contribution in [0.4, 0.5) is 4.79 Å². The SMILES string of the molecule is CC1CCN(C(=O)C(CCC(=O)O)NC(=O)OCC2c3ccccc3-c3ccccc32)C1CO. The number of nitrogens with zero attached hydrogens (tertiary/aromatic N) is 1. The van der Waals surface area contributed by atoms with Crippen molar-refractivity contribution in [3.05, 3.63) is 59.7 Å². The summed E-state index contributed by atoms with van der Waals surface area (Å²) in [5.74, 6) is -1.44. The van der Waals surface area contributed by atoms with Crippen LogP contribution in [-0.4, -0.2) is 64.9 Å². The van der Waals surface area contributed by atoms with E-state index in [1.54, 1.807) is 4.90 Å². The van der Waals surface area contributed by atoms with Gasteiger partial charge in [0.2, 0.25) is 5.91 Å². The Hall–Kier alpha value is -3.39. The van der Waals surface area contributed by atoms with Crippen LogP contribution in [0.5, 0.6) is 0 Å². The molecule has 2 amide bonds. The quantitative estimate of drug-likeness (QED) is 0.551. The molecule has 0 saturated carbocycles. The number of carboxylic acid groups (broad SMARTS) is 1. The maximum absolute atomic E-state index is 13.1. The zero-order chi connectivity index (χ0) is 24.2. The number of nitrogens with one attached hydrogen (secondary N) is 1. The monoisotopic (exact) mass is 466 g/mol. The summed E-state index contributed by atoms with van der Waals surface area (Å²) in [5.41, 5.74) is 4.37. The largest absolute Gasteiger partial charge is 0.481 e. The first-order valence-corrected chi connectivity index (χ1v) is 11.6. The van der Waals surface area contributed by atoms with Crippen LogP contribution in [0.1, 0.15) is 43.2 Å². The lowest BCUT2D eigenvalue weighted by molar-refractivity contribution is -0.138. The molecule has 1 saturated heterocycles. The predicted molar refractivity (Wildman–Crippen MR) is 125 cm³/mol. The lowest BCUT2D eigenvalue weighted by atomic mass is 9.98. The van der Waals surface area contributed by atoms with Gasteiger partial charge in [0.1, 0.15) is 12.6 Å². The van der Waals surface area contributed by atoms with Crippen LogP contribution in [0, 0.1) is 5.92 Å². The van der Waals surface area contributed by atoms with Crippen molar-refractivity contribution in [2.75, 3.05) is 19.8 Å². The highest BCUT2D eigenvalue weighted by molar-refractivity contribution is 5.87. The Morgan fingerprint density at radius 3 is 2.29 bits per heavy atom. The number of hydrogen-bond acceptors (Lipinski definition) is 5. The molecule has 1 aliphatic heterocycles. The van der Waals surface area contributed by atoms with Crippen molar-refractivity contribution in [3.63, 3.8) is 0 Å². The summed E-state index contributed by atoms with van der Waals surface area (Å²) in [4.78, 5) is 38.5. The zero-order valence-corrected chi connectivity index (χ0v) is 19.1. The van der Waals surface area contributed by atoms with Gasteiger partial charge < -0.3 is 25.2 Å². The second-order valence-electron chi connectivity index (χ2n) is 9.00. The number of fused-ring (bicyclic) bond motifs is 3. The summed E-state index contributed by atoms with van der Waals surface area (Å²) in [7, 11) is 0. The Bertz CT molecular complexity index is 1030. The fraction of sp³-hybridized carbons (Fsp3) is 0.423. The third kappa shape index (κ3) is 4.77. The third-order valence-corrected chi connectivity index (χ3v) is 6.93. The lowest BCUT2D eigenvalue weighted by Crippen LogP contribution is -2.51. The van der Waals surface area contributed by atoms with Gasteiger partial charge in [-0.2, -0.15) is 0 Å². The molecule has 0 spiro atoms. The highest BCUT2D eigenvalue weighted by Crippen LogP contribution is 2.44. The van der Waals surface area contributed by atoms with Crippen molar-refractivity contribution < 1.29 is 29.3 Å². The summed E-state index contributed by atoms with van der Waals surface area (Å²) >= 11 is 0. The molecule has 2 aromatic rings.